The minimum atomic E-state index is -0.213. The van der Waals surface area contributed by atoms with Crippen LogP contribution in [0.15, 0.2) is 10.5 Å². The number of amides is 1. The third-order valence-corrected chi connectivity index (χ3v) is 4.26. The molecular weight excluding hydrogens is 334 g/mol. The summed E-state index contributed by atoms with van der Waals surface area (Å²) in [6.07, 6.45) is 1.74. The number of aryl methyl sites for hydroxylation is 2. The van der Waals surface area contributed by atoms with Gasteiger partial charge in [0.2, 0.25) is 5.91 Å². The van der Waals surface area contributed by atoms with Gasteiger partial charge in [0, 0.05) is 11.9 Å². The van der Waals surface area contributed by atoms with Crippen LogP contribution in [0.3, 0.4) is 0 Å². The van der Waals surface area contributed by atoms with E-state index in [0.29, 0.717) is 11.1 Å². The lowest BCUT2D eigenvalue weighted by Crippen LogP contribution is -2.20. The van der Waals surface area contributed by atoms with Gasteiger partial charge >= 0.3 is 0 Å². The summed E-state index contributed by atoms with van der Waals surface area (Å²) in [4.78, 5) is 16.1. The first kappa shape index (κ1) is 17.6. The van der Waals surface area contributed by atoms with E-state index in [0.717, 1.165) is 28.5 Å². The molecule has 124 valence electrons. The molecular formula is C15H20ClN5OS. The summed E-state index contributed by atoms with van der Waals surface area (Å²) in [6, 6.07) is 0. The maximum atomic E-state index is 11.8. The summed E-state index contributed by atoms with van der Waals surface area (Å²) in [5, 5.41) is 11.7. The Morgan fingerprint density at radius 3 is 2.87 bits per heavy atom. The second-order valence-electron chi connectivity index (χ2n) is 5.69. The number of nitrogens with zero attached hydrogens (tertiary/aromatic N) is 4. The van der Waals surface area contributed by atoms with Gasteiger partial charge in [-0.25, -0.2) is 10.4 Å². The molecule has 0 saturated heterocycles. The number of thiazole rings is 1. The van der Waals surface area contributed by atoms with Crippen molar-refractivity contribution < 1.29 is 4.79 Å². The first-order valence-corrected chi connectivity index (χ1v) is 8.58. The molecule has 0 radical (unpaired) electrons. The lowest BCUT2D eigenvalue weighted by Gasteiger charge is -2.05. The fourth-order valence-corrected chi connectivity index (χ4v) is 2.95. The van der Waals surface area contributed by atoms with E-state index in [-0.39, 0.29) is 12.3 Å². The van der Waals surface area contributed by atoms with E-state index in [4.69, 9.17) is 11.6 Å². The standard InChI is InChI=1S/C15H20ClN5OS/c1-9(2)7-21-15(16)13(10(3)20-21)6-17-19-14(22)5-12-8-23-11(4)18-12/h6,8-9H,5,7H2,1-4H3,(H,19,22)/b17-6-. The van der Waals surface area contributed by atoms with Crippen molar-refractivity contribution in [2.45, 2.75) is 40.7 Å². The SMILES string of the molecule is Cc1nc(CC(=O)N/N=C\c2c(C)nn(CC(C)C)c2Cl)cs1. The Morgan fingerprint density at radius 1 is 1.52 bits per heavy atom. The zero-order chi connectivity index (χ0) is 17.0. The maximum absolute atomic E-state index is 11.8. The molecule has 8 heteroatoms. The molecule has 0 bridgehead atoms. The van der Waals surface area contributed by atoms with Crippen LogP contribution in [-0.4, -0.2) is 26.9 Å². The lowest BCUT2D eigenvalue weighted by atomic mass is 10.2. The van der Waals surface area contributed by atoms with Crippen LogP contribution in [0.1, 0.15) is 35.8 Å². The minimum absolute atomic E-state index is 0.209. The molecule has 1 amide bonds. The van der Waals surface area contributed by atoms with Gasteiger partial charge in [-0.1, -0.05) is 25.4 Å². The number of hydrogen-bond donors (Lipinski definition) is 1. The van der Waals surface area contributed by atoms with Gasteiger partial charge in [-0.3, -0.25) is 9.48 Å². The summed E-state index contributed by atoms with van der Waals surface area (Å²) in [5.74, 6) is 0.229. The Labute approximate surface area is 144 Å². The van der Waals surface area contributed by atoms with E-state index in [9.17, 15) is 4.79 Å². The highest BCUT2D eigenvalue weighted by molar-refractivity contribution is 7.09. The molecule has 0 fully saturated rings. The molecule has 0 unspecified atom stereocenters. The highest BCUT2D eigenvalue weighted by atomic mass is 35.5. The normalized spacial score (nSPS) is 11.6. The summed E-state index contributed by atoms with van der Waals surface area (Å²) >= 11 is 7.83. The molecule has 2 rings (SSSR count). The largest absolute Gasteiger partial charge is 0.273 e. The van der Waals surface area contributed by atoms with Gasteiger partial charge in [0.05, 0.1) is 34.6 Å². The van der Waals surface area contributed by atoms with Crippen LogP contribution < -0.4 is 5.43 Å². The number of hydrazone groups is 1. The van der Waals surface area contributed by atoms with Crippen molar-refractivity contribution in [1.82, 2.24) is 20.2 Å². The monoisotopic (exact) mass is 353 g/mol. The van der Waals surface area contributed by atoms with Gasteiger partial charge in [-0.05, 0) is 19.8 Å². The van der Waals surface area contributed by atoms with Crippen molar-refractivity contribution in [3.05, 3.63) is 32.5 Å². The molecule has 2 aromatic heterocycles. The summed E-state index contributed by atoms with van der Waals surface area (Å²) < 4.78 is 1.75. The van der Waals surface area contributed by atoms with Crippen LogP contribution >= 0.6 is 22.9 Å². The van der Waals surface area contributed by atoms with Crippen molar-refractivity contribution in [3.8, 4) is 0 Å². The van der Waals surface area contributed by atoms with Crippen LogP contribution in [0.4, 0.5) is 0 Å². The van der Waals surface area contributed by atoms with Gasteiger partial charge in [0.15, 0.2) is 0 Å². The van der Waals surface area contributed by atoms with Crippen molar-refractivity contribution in [1.29, 1.82) is 0 Å². The first-order chi connectivity index (χ1) is 10.9. The molecule has 0 spiro atoms. The molecule has 0 saturated carbocycles. The average Bonchev–Trinajstić information content (AvgIpc) is 2.96. The fourth-order valence-electron chi connectivity index (χ4n) is 2.04. The number of hydrogen-bond acceptors (Lipinski definition) is 5. The number of aromatic nitrogens is 3. The van der Waals surface area contributed by atoms with Crippen LogP contribution in [0.5, 0.6) is 0 Å². The molecule has 0 aliphatic rings. The highest BCUT2D eigenvalue weighted by Crippen LogP contribution is 2.18. The molecule has 23 heavy (non-hydrogen) atoms. The van der Waals surface area contributed by atoms with Crippen molar-refractivity contribution in [3.63, 3.8) is 0 Å². The Bertz CT molecular complexity index is 720. The zero-order valence-corrected chi connectivity index (χ0v) is 15.2. The average molecular weight is 354 g/mol. The van der Waals surface area contributed by atoms with E-state index in [2.05, 4.69) is 34.5 Å². The molecule has 1 N–H and O–H groups in total. The summed E-state index contributed by atoms with van der Waals surface area (Å²) in [5.41, 5.74) is 4.74. The molecule has 0 atom stereocenters. The Hall–Kier alpha value is -1.73. The maximum Gasteiger partial charge on any atom is 0.246 e. The predicted molar refractivity (Wildman–Crippen MR) is 93.1 cm³/mol. The smallest absolute Gasteiger partial charge is 0.246 e. The summed E-state index contributed by atoms with van der Waals surface area (Å²) in [6.45, 7) is 8.71. The Balaban J connectivity index is 1.97. The third-order valence-electron chi connectivity index (χ3n) is 3.04. The summed E-state index contributed by atoms with van der Waals surface area (Å²) in [7, 11) is 0. The van der Waals surface area contributed by atoms with Gasteiger partial charge < -0.3 is 0 Å². The molecule has 2 heterocycles. The van der Waals surface area contributed by atoms with E-state index >= 15 is 0 Å². The van der Waals surface area contributed by atoms with Gasteiger partial charge in [0.1, 0.15) is 5.15 Å². The molecule has 0 aliphatic carbocycles. The lowest BCUT2D eigenvalue weighted by molar-refractivity contribution is -0.120. The third kappa shape index (κ3) is 4.87. The molecule has 6 nitrogen and oxygen atoms in total. The minimum Gasteiger partial charge on any atom is -0.273 e. The number of carbonyl (C=O) groups excluding carboxylic acids is 1. The number of rotatable bonds is 6. The highest BCUT2D eigenvalue weighted by Gasteiger charge is 2.12. The zero-order valence-electron chi connectivity index (χ0n) is 13.6. The van der Waals surface area contributed by atoms with E-state index in [1.807, 2.05) is 19.2 Å². The quantitative estimate of drug-likeness (QED) is 0.641. The Morgan fingerprint density at radius 2 is 2.26 bits per heavy atom. The van der Waals surface area contributed by atoms with Gasteiger partial charge in [0.25, 0.3) is 0 Å². The van der Waals surface area contributed by atoms with Crippen LogP contribution in [0.25, 0.3) is 0 Å². The second-order valence-corrected chi connectivity index (χ2v) is 7.11. The molecule has 2 aromatic rings. The second kappa shape index (κ2) is 7.70. The molecule has 0 aromatic carbocycles. The topological polar surface area (TPSA) is 72.2 Å². The predicted octanol–water partition coefficient (Wildman–Crippen LogP) is 2.96. The molecule has 0 aliphatic heterocycles. The number of nitrogens with one attached hydrogen (secondary N) is 1. The van der Waals surface area contributed by atoms with Gasteiger partial charge in [-0.2, -0.15) is 10.2 Å². The van der Waals surface area contributed by atoms with Crippen LogP contribution in [0.2, 0.25) is 5.15 Å². The van der Waals surface area contributed by atoms with Crippen LogP contribution in [0, 0.1) is 19.8 Å². The number of carbonyl (C=O) groups is 1. The van der Waals surface area contributed by atoms with E-state index < -0.39 is 0 Å². The number of halogens is 1. The van der Waals surface area contributed by atoms with Crippen molar-refractivity contribution >= 4 is 35.1 Å². The fraction of sp³-hybridized carbons (Fsp3) is 0.467. The van der Waals surface area contributed by atoms with Crippen molar-refractivity contribution in [2.75, 3.05) is 0 Å². The Kier molecular flexibility index (Phi) is 5.90. The van der Waals surface area contributed by atoms with Crippen molar-refractivity contribution in [2.24, 2.45) is 11.0 Å². The van der Waals surface area contributed by atoms with E-state index in [1.54, 1.807) is 4.68 Å². The van der Waals surface area contributed by atoms with Crippen LogP contribution in [-0.2, 0) is 17.8 Å². The van der Waals surface area contributed by atoms with Gasteiger partial charge in [-0.15, -0.1) is 11.3 Å². The first-order valence-electron chi connectivity index (χ1n) is 7.32. The van der Waals surface area contributed by atoms with E-state index in [1.165, 1.54) is 17.6 Å².